The second-order valence-corrected chi connectivity index (χ2v) is 8.76. The molecule has 1 aliphatic carbocycles. The predicted octanol–water partition coefficient (Wildman–Crippen LogP) is 4.52. The Labute approximate surface area is 189 Å². The van der Waals surface area contributed by atoms with E-state index in [0.29, 0.717) is 29.5 Å². The lowest BCUT2D eigenvalue weighted by atomic mass is 9.84. The van der Waals surface area contributed by atoms with Crippen molar-refractivity contribution in [3.05, 3.63) is 47.3 Å². The van der Waals surface area contributed by atoms with Gasteiger partial charge in [0.1, 0.15) is 0 Å². The predicted molar refractivity (Wildman–Crippen MR) is 124 cm³/mol. The first kappa shape index (κ1) is 22.1. The molecule has 0 bridgehead atoms. The van der Waals surface area contributed by atoms with Crippen LogP contribution in [0.15, 0.2) is 30.5 Å². The molecule has 0 radical (unpaired) electrons. The molecule has 1 aromatic carbocycles. The number of hydrogen-bond acceptors (Lipinski definition) is 5. The highest BCUT2D eigenvalue weighted by molar-refractivity contribution is 5.97. The number of carbonyl (C=O) groups is 1. The number of rotatable bonds is 6. The Morgan fingerprint density at radius 2 is 1.91 bits per heavy atom. The quantitative estimate of drug-likeness (QED) is 0.568. The van der Waals surface area contributed by atoms with Crippen molar-refractivity contribution in [2.45, 2.75) is 52.1 Å². The molecule has 0 aliphatic heterocycles. The maximum absolute atomic E-state index is 13.8. The third-order valence-electron chi connectivity index (χ3n) is 6.64. The second kappa shape index (κ2) is 9.18. The molecule has 2 atom stereocenters. The number of hydrogen-bond donors (Lipinski definition) is 0. The highest BCUT2D eigenvalue weighted by Gasteiger charge is 2.31. The van der Waals surface area contributed by atoms with E-state index < -0.39 is 0 Å². The van der Waals surface area contributed by atoms with E-state index in [2.05, 4.69) is 17.0 Å². The first-order chi connectivity index (χ1) is 15.4. The van der Waals surface area contributed by atoms with Crippen LogP contribution in [0, 0.1) is 12.8 Å². The Bertz CT molecular complexity index is 1120. The molecular formula is C25H32N4O3. The van der Waals surface area contributed by atoms with E-state index in [4.69, 9.17) is 9.47 Å². The highest BCUT2D eigenvalue weighted by atomic mass is 16.5. The van der Waals surface area contributed by atoms with Crippen molar-refractivity contribution in [2.24, 2.45) is 13.0 Å². The zero-order chi connectivity index (χ0) is 22.8. The van der Waals surface area contributed by atoms with Gasteiger partial charge in [0.2, 0.25) is 0 Å². The van der Waals surface area contributed by atoms with E-state index in [1.54, 1.807) is 25.1 Å². The smallest absolute Gasteiger partial charge is 0.256 e. The van der Waals surface area contributed by atoms with Crippen LogP contribution >= 0.6 is 0 Å². The van der Waals surface area contributed by atoms with Crippen molar-refractivity contribution in [1.29, 1.82) is 0 Å². The minimum Gasteiger partial charge on any atom is -0.493 e. The SMILES string of the molecule is COc1ccc(CN(C(=O)c2cnc3c(c2)c(C)nn3C)[C@H]2CCCC[C@H]2C)cc1OC. The van der Waals surface area contributed by atoms with Gasteiger partial charge in [-0.05, 0) is 49.4 Å². The second-order valence-electron chi connectivity index (χ2n) is 8.76. The molecule has 0 saturated heterocycles. The van der Waals surface area contributed by atoms with Gasteiger partial charge in [0, 0.05) is 31.2 Å². The standard InChI is InChI=1S/C25H32N4O3/c1-16-8-6-7-9-21(16)29(15-18-10-11-22(31-4)23(12-18)32-5)25(30)19-13-20-17(2)27-28(3)24(20)26-14-19/h10-14,16,21H,6-9,15H2,1-5H3/t16-,21+/m1/s1. The number of methoxy groups -OCH3 is 2. The van der Waals surface area contributed by atoms with Crippen LogP contribution in [0.4, 0.5) is 0 Å². The lowest BCUT2D eigenvalue weighted by Gasteiger charge is -2.39. The molecule has 0 unspecified atom stereocenters. The molecule has 0 spiro atoms. The van der Waals surface area contributed by atoms with Gasteiger partial charge in [0.15, 0.2) is 17.1 Å². The van der Waals surface area contributed by atoms with Crippen molar-refractivity contribution < 1.29 is 14.3 Å². The minimum absolute atomic E-state index is 0.0104. The third kappa shape index (κ3) is 4.16. The van der Waals surface area contributed by atoms with Gasteiger partial charge < -0.3 is 14.4 Å². The van der Waals surface area contributed by atoms with Gasteiger partial charge in [-0.1, -0.05) is 25.8 Å². The van der Waals surface area contributed by atoms with E-state index in [9.17, 15) is 4.79 Å². The van der Waals surface area contributed by atoms with Crippen molar-refractivity contribution >= 4 is 16.9 Å². The molecule has 2 heterocycles. The summed E-state index contributed by atoms with van der Waals surface area (Å²) in [4.78, 5) is 20.4. The van der Waals surface area contributed by atoms with E-state index in [1.165, 1.54) is 6.42 Å². The van der Waals surface area contributed by atoms with Gasteiger partial charge in [-0.3, -0.25) is 9.48 Å². The number of ether oxygens (including phenoxy) is 2. The number of amides is 1. The van der Waals surface area contributed by atoms with Crippen molar-refractivity contribution in [3.8, 4) is 11.5 Å². The monoisotopic (exact) mass is 436 g/mol. The van der Waals surface area contributed by atoms with Crippen molar-refractivity contribution in [1.82, 2.24) is 19.7 Å². The first-order valence-electron chi connectivity index (χ1n) is 11.2. The van der Waals surface area contributed by atoms with Gasteiger partial charge in [-0.15, -0.1) is 0 Å². The number of pyridine rings is 1. The van der Waals surface area contributed by atoms with Crippen LogP contribution in [0.5, 0.6) is 11.5 Å². The van der Waals surface area contributed by atoms with Crippen LogP contribution < -0.4 is 9.47 Å². The van der Waals surface area contributed by atoms with Crippen molar-refractivity contribution in [3.63, 3.8) is 0 Å². The van der Waals surface area contributed by atoms with Crippen LogP contribution in [0.2, 0.25) is 0 Å². The summed E-state index contributed by atoms with van der Waals surface area (Å²) in [7, 11) is 5.13. The summed E-state index contributed by atoms with van der Waals surface area (Å²) in [6, 6.07) is 7.98. The fourth-order valence-electron chi connectivity index (χ4n) is 4.87. The summed E-state index contributed by atoms with van der Waals surface area (Å²) in [6.07, 6.45) is 6.20. The summed E-state index contributed by atoms with van der Waals surface area (Å²) in [6.45, 7) is 4.71. The number of fused-ring (bicyclic) bond motifs is 1. The Morgan fingerprint density at radius 1 is 1.16 bits per heavy atom. The van der Waals surface area contributed by atoms with Gasteiger partial charge >= 0.3 is 0 Å². The van der Waals surface area contributed by atoms with E-state index in [0.717, 1.165) is 41.6 Å². The van der Waals surface area contributed by atoms with E-state index in [-0.39, 0.29) is 11.9 Å². The average molecular weight is 437 g/mol. The molecule has 0 N–H and O–H groups in total. The molecule has 7 nitrogen and oxygen atoms in total. The zero-order valence-electron chi connectivity index (χ0n) is 19.6. The van der Waals surface area contributed by atoms with Crippen LogP contribution in [0.3, 0.4) is 0 Å². The maximum Gasteiger partial charge on any atom is 0.256 e. The molecule has 32 heavy (non-hydrogen) atoms. The number of carbonyl (C=O) groups excluding carboxylic acids is 1. The largest absolute Gasteiger partial charge is 0.493 e. The average Bonchev–Trinajstić information content (AvgIpc) is 3.10. The summed E-state index contributed by atoms with van der Waals surface area (Å²) in [5, 5.41) is 5.36. The molecule has 1 saturated carbocycles. The minimum atomic E-state index is 0.0104. The number of aryl methyl sites for hydroxylation is 2. The molecule has 1 amide bonds. The Kier molecular flexibility index (Phi) is 6.35. The molecule has 1 aliphatic rings. The lowest BCUT2D eigenvalue weighted by Crippen LogP contribution is -2.44. The molecule has 2 aromatic heterocycles. The van der Waals surface area contributed by atoms with Crippen LogP contribution in [-0.4, -0.2) is 45.8 Å². The van der Waals surface area contributed by atoms with Gasteiger partial charge in [0.05, 0.1) is 25.5 Å². The first-order valence-corrected chi connectivity index (χ1v) is 11.2. The summed E-state index contributed by atoms with van der Waals surface area (Å²) >= 11 is 0. The molecule has 170 valence electrons. The van der Waals surface area contributed by atoms with Crippen LogP contribution in [0.25, 0.3) is 11.0 Å². The van der Waals surface area contributed by atoms with Gasteiger partial charge in [-0.25, -0.2) is 4.98 Å². The van der Waals surface area contributed by atoms with E-state index >= 15 is 0 Å². The fraction of sp³-hybridized carbons (Fsp3) is 0.480. The normalized spacial score (nSPS) is 18.5. The molecular weight excluding hydrogens is 404 g/mol. The third-order valence-corrected chi connectivity index (χ3v) is 6.64. The van der Waals surface area contributed by atoms with E-state index in [1.807, 2.05) is 43.1 Å². The van der Waals surface area contributed by atoms with Crippen LogP contribution in [0.1, 0.15) is 54.2 Å². The molecule has 4 rings (SSSR count). The molecule has 3 aromatic rings. The number of benzene rings is 1. The Hall–Kier alpha value is -3.09. The van der Waals surface area contributed by atoms with Gasteiger partial charge in [-0.2, -0.15) is 5.10 Å². The zero-order valence-corrected chi connectivity index (χ0v) is 19.6. The Morgan fingerprint density at radius 3 is 2.62 bits per heavy atom. The number of nitrogens with zero attached hydrogens (tertiary/aromatic N) is 4. The van der Waals surface area contributed by atoms with Crippen LogP contribution in [-0.2, 0) is 13.6 Å². The summed E-state index contributed by atoms with van der Waals surface area (Å²) in [5.41, 5.74) is 3.28. The Balaban J connectivity index is 1.71. The lowest BCUT2D eigenvalue weighted by molar-refractivity contribution is 0.0528. The van der Waals surface area contributed by atoms with Crippen molar-refractivity contribution in [2.75, 3.05) is 14.2 Å². The molecule has 7 heteroatoms. The fourth-order valence-corrected chi connectivity index (χ4v) is 4.87. The molecule has 1 fully saturated rings. The number of aromatic nitrogens is 3. The highest BCUT2D eigenvalue weighted by Crippen LogP contribution is 2.33. The summed E-state index contributed by atoms with van der Waals surface area (Å²) in [5.74, 6) is 1.81. The summed E-state index contributed by atoms with van der Waals surface area (Å²) < 4.78 is 12.6. The maximum atomic E-state index is 13.8. The van der Waals surface area contributed by atoms with Gasteiger partial charge in [0.25, 0.3) is 5.91 Å². The topological polar surface area (TPSA) is 69.5 Å².